The molecular formula is C20H39N5O4. The molecule has 0 aromatic heterocycles. The Labute approximate surface area is 174 Å². The molecule has 1 aliphatic rings. The van der Waals surface area contributed by atoms with Gasteiger partial charge in [0.25, 0.3) is 0 Å². The van der Waals surface area contributed by atoms with Crippen molar-refractivity contribution in [1.29, 1.82) is 0 Å². The average molecular weight is 414 g/mol. The minimum atomic E-state index is -0.533. The number of piperazine rings is 1. The Bertz CT molecular complexity index is 497. The van der Waals surface area contributed by atoms with Crippen LogP contribution in [0.1, 0.15) is 58.8 Å². The summed E-state index contributed by atoms with van der Waals surface area (Å²) in [7, 11) is 2.04. The maximum atomic E-state index is 12.9. The summed E-state index contributed by atoms with van der Waals surface area (Å²) >= 11 is 0. The van der Waals surface area contributed by atoms with Crippen molar-refractivity contribution >= 4 is 18.2 Å². The van der Waals surface area contributed by atoms with Crippen molar-refractivity contribution in [3.8, 4) is 0 Å². The Morgan fingerprint density at radius 2 is 1.72 bits per heavy atom. The van der Waals surface area contributed by atoms with Crippen molar-refractivity contribution in [1.82, 2.24) is 25.7 Å². The Kier molecular flexibility index (Phi) is 12.5. The highest BCUT2D eigenvalue weighted by Gasteiger charge is 2.28. The Morgan fingerprint density at radius 1 is 1.07 bits per heavy atom. The fourth-order valence-corrected chi connectivity index (χ4v) is 3.39. The molecule has 2 atom stereocenters. The quantitative estimate of drug-likeness (QED) is 0.170. The SMILES string of the molecule is CCCCCC(CN(O)C=O)C(=O)NNC(CCCC)C(=O)N1CCN(C)CC1. The average Bonchev–Trinajstić information content (AvgIpc) is 2.73. The van der Waals surface area contributed by atoms with Crippen molar-refractivity contribution < 1.29 is 19.6 Å². The molecule has 1 rings (SSSR count). The summed E-state index contributed by atoms with van der Waals surface area (Å²) in [6.45, 7) is 7.13. The molecule has 29 heavy (non-hydrogen) atoms. The van der Waals surface area contributed by atoms with Crippen LogP contribution >= 0.6 is 0 Å². The Morgan fingerprint density at radius 3 is 2.31 bits per heavy atom. The number of unbranched alkanes of at least 4 members (excludes halogenated alkanes) is 3. The van der Waals surface area contributed by atoms with Gasteiger partial charge in [0.05, 0.1) is 12.5 Å². The first-order chi connectivity index (χ1) is 13.9. The molecule has 0 aliphatic carbocycles. The van der Waals surface area contributed by atoms with Crippen LogP contribution < -0.4 is 10.9 Å². The number of nitrogens with zero attached hydrogens (tertiary/aromatic N) is 3. The summed E-state index contributed by atoms with van der Waals surface area (Å²) in [5, 5.41) is 10.0. The van der Waals surface area contributed by atoms with E-state index in [2.05, 4.69) is 29.6 Å². The van der Waals surface area contributed by atoms with Gasteiger partial charge in [-0.1, -0.05) is 46.0 Å². The normalized spacial score (nSPS) is 16.9. The molecule has 9 heteroatoms. The summed E-state index contributed by atoms with van der Waals surface area (Å²) in [5.41, 5.74) is 5.61. The van der Waals surface area contributed by atoms with Gasteiger partial charge >= 0.3 is 0 Å². The van der Waals surface area contributed by atoms with Crippen LogP contribution in [-0.4, -0.2) is 84.1 Å². The fraction of sp³-hybridized carbons (Fsp3) is 0.850. The first kappa shape index (κ1) is 25.3. The van der Waals surface area contributed by atoms with Gasteiger partial charge in [-0.25, -0.2) is 10.5 Å². The molecule has 0 aromatic rings. The fourth-order valence-electron chi connectivity index (χ4n) is 3.39. The second-order valence-electron chi connectivity index (χ2n) is 7.88. The van der Waals surface area contributed by atoms with Gasteiger partial charge in [-0.15, -0.1) is 0 Å². The van der Waals surface area contributed by atoms with Gasteiger partial charge in [-0.3, -0.25) is 25.0 Å². The molecule has 0 saturated carbocycles. The zero-order valence-corrected chi connectivity index (χ0v) is 18.2. The molecule has 2 unspecified atom stereocenters. The lowest BCUT2D eigenvalue weighted by molar-refractivity contribution is -0.154. The molecular weight excluding hydrogens is 374 g/mol. The lowest BCUT2D eigenvalue weighted by atomic mass is 10.0. The van der Waals surface area contributed by atoms with Crippen LogP contribution in [0.4, 0.5) is 0 Å². The first-order valence-electron chi connectivity index (χ1n) is 10.9. The first-order valence-corrected chi connectivity index (χ1v) is 10.9. The van der Waals surface area contributed by atoms with Crippen LogP contribution in [-0.2, 0) is 14.4 Å². The summed E-state index contributed by atoms with van der Waals surface area (Å²) in [5.74, 6) is -0.837. The zero-order valence-electron chi connectivity index (χ0n) is 18.2. The molecule has 1 aliphatic heterocycles. The van der Waals surface area contributed by atoms with Crippen molar-refractivity contribution in [2.45, 2.75) is 64.8 Å². The van der Waals surface area contributed by atoms with Crippen LogP contribution in [0, 0.1) is 5.92 Å². The standard InChI is InChI=1S/C20H39N5O4/c1-4-6-8-9-17(15-25(29)16-26)19(27)22-21-18(10-7-5-2)20(28)24-13-11-23(3)12-14-24/h16-18,21,29H,4-15H2,1-3H3,(H,22,27). The van der Waals surface area contributed by atoms with E-state index in [1.807, 2.05) is 11.9 Å². The van der Waals surface area contributed by atoms with Gasteiger partial charge in [-0.05, 0) is 19.9 Å². The van der Waals surface area contributed by atoms with Crippen LogP contribution in [0.5, 0.6) is 0 Å². The van der Waals surface area contributed by atoms with Gasteiger partial charge < -0.3 is 9.80 Å². The Balaban J connectivity index is 2.66. The summed E-state index contributed by atoms with van der Waals surface area (Å²) in [6.07, 6.45) is 6.17. The lowest BCUT2D eigenvalue weighted by Crippen LogP contribution is -2.57. The monoisotopic (exact) mass is 413 g/mol. The number of rotatable bonds is 14. The molecule has 0 aromatic carbocycles. The maximum Gasteiger partial charge on any atom is 0.241 e. The van der Waals surface area contributed by atoms with E-state index in [1.165, 1.54) is 0 Å². The van der Waals surface area contributed by atoms with Crippen LogP contribution in [0.15, 0.2) is 0 Å². The second-order valence-corrected chi connectivity index (χ2v) is 7.88. The van der Waals surface area contributed by atoms with Gasteiger partial charge in [0.2, 0.25) is 18.2 Å². The minimum Gasteiger partial charge on any atom is -0.339 e. The molecule has 0 spiro atoms. The van der Waals surface area contributed by atoms with E-state index in [9.17, 15) is 19.6 Å². The van der Waals surface area contributed by atoms with E-state index < -0.39 is 12.0 Å². The highest BCUT2D eigenvalue weighted by molar-refractivity contribution is 5.83. The molecule has 1 saturated heterocycles. The van der Waals surface area contributed by atoms with Crippen LogP contribution in [0.3, 0.4) is 0 Å². The number of nitrogens with one attached hydrogen (secondary N) is 2. The number of carbonyl (C=O) groups excluding carboxylic acids is 3. The number of hydroxylamine groups is 2. The molecule has 1 fully saturated rings. The van der Waals surface area contributed by atoms with Gasteiger partial charge in [0, 0.05) is 26.2 Å². The highest BCUT2D eigenvalue weighted by atomic mass is 16.5. The van der Waals surface area contributed by atoms with E-state index in [0.717, 1.165) is 45.2 Å². The number of carbonyl (C=O) groups is 3. The van der Waals surface area contributed by atoms with E-state index in [1.54, 1.807) is 0 Å². The third-order valence-electron chi connectivity index (χ3n) is 5.39. The summed E-state index contributed by atoms with van der Waals surface area (Å²) < 4.78 is 0. The second kappa shape index (κ2) is 14.3. The number of hydrogen-bond donors (Lipinski definition) is 3. The van der Waals surface area contributed by atoms with Crippen molar-refractivity contribution in [2.75, 3.05) is 39.8 Å². The maximum absolute atomic E-state index is 12.9. The number of hydrogen-bond acceptors (Lipinski definition) is 6. The predicted octanol–water partition coefficient (Wildman–Crippen LogP) is 0.984. The topological polar surface area (TPSA) is 105 Å². The molecule has 3 N–H and O–H groups in total. The molecule has 3 amide bonds. The Hall–Kier alpha value is -1.71. The number of amides is 3. The van der Waals surface area contributed by atoms with Crippen molar-refractivity contribution in [3.63, 3.8) is 0 Å². The van der Waals surface area contributed by atoms with Gasteiger partial charge in [0.15, 0.2) is 0 Å². The summed E-state index contributed by atoms with van der Waals surface area (Å²) in [4.78, 5) is 40.4. The molecule has 1 heterocycles. The third-order valence-corrected chi connectivity index (χ3v) is 5.39. The molecule has 9 nitrogen and oxygen atoms in total. The minimum absolute atomic E-state index is 0.00561. The smallest absolute Gasteiger partial charge is 0.241 e. The lowest BCUT2D eigenvalue weighted by Gasteiger charge is -2.35. The zero-order chi connectivity index (χ0) is 21.6. The number of likely N-dealkylation sites (N-methyl/N-ethyl adjacent to an activating group) is 1. The highest BCUT2D eigenvalue weighted by Crippen LogP contribution is 2.12. The summed E-state index contributed by atoms with van der Waals surface area (Å²) in [6, 6.07) is -0.477. The van der Waals surface area contributed by atoms with Gasteiger partial charge in [0.1, 0.15) is 6.04 Å². The predicted molar refractivity (Wildman–Crippen MR) is 111 cm³/mol. The van der Waals surface area contributed by atoms with E-state index in [0.29, 0.717) is 37.4 Å². The largest absolute Gasteiger partial charge is 0.339 e. The molecule has 0 bridgehead atoms. The van der Waals surface area contributed by atoms with Crippen molar-refractivity contribution in [2.24, 2.45) is 5.92 Å². The van der Waals surface area contributed by atoms with E-state index in [-0.39, 0.29) is 18.4 Å². The van der Waals surface area contributed by atoms with Gasteiger partial charge in [-0.2, -0.15) is 0 Å². The van der Waals surface area contributed by atoms with Crippen molar-refractivity contribution in [3.05, 3.63) is 0 Å². The van der Waals surface area contributed by atoms with E-state index in [4.69, 9.17) is 0 Å². The van der Waals surface area contributed by atoms with Crippen LogP contribution in [0.25, 0.3) is 0 Å². The molecule has 0 radical (unpaired) electrons. The third kappa shape index (κ3) is 9.56. The van der Waals surface area contributed by atoms with Crippen LogP contribution in [0.2, 0.25) is 0 Å². The molecule has 168 valence electrons. The number of hydrazine groups is 1. The van der Waals surface area contributed by atoms with E-state index >= 15 is 0 Å².